The van der Waals surface area contributed by atoms with Crippen LogP contribution in [0.4, 0.5) is 17.6 Å². The van der Waals surface area contributed by atoms with E-state index in [0.29, 0.717) is 6.29 Å². The van der Waals surface area contributed by atoms with Gasteiger partial charge in [-0.1, -0.05) is 0 Å². The van der Waals surface area contributed by atoms with E-state index in [0.717, 1.165) is 12.1 Å². The van der Waals surface area contributed by atoms with Gasteiger partial charge in [0.1, 0.15) is 17.9 Å². The second kappa shape index (κ2) is 4.96. The van der Waals surface area contributed by atoms with Gasteiger partial charge >= 0.3 is 6.18 Å². The predicted octanol–water partition coefficient (Wildman–Crippen LogP) is 2.97. The van der Waals surface area contributed by atoms with Crippen molar-refractivity contribution in [2.45, 2.75) is 12.6 Å². The highest BCUT2D eigenvalue weighted by Crippen LogP contribution is 2.21. The third-order valence-corrected chi connectivity index (χ3v) is 1.68. The molecule has 0 aromatic heterocycles. The van der Waals surface area contributed by atoms with Gasteiger partial charge in [-0.2, -0.15) is 13.2 Å². The standard InChI is InChI=1S/C10H8F4O2/c11-8-3-7(6-15)4-9(5-8)16-2-1-10(12,13)14/h3-6H,1-2H2. The molecule has 0 aliphatic heterocycles. The number of hydrogen-bond acceptors (Lipinski definition) is 2. The van der Waals surface area contributed by atoms with Crippen molar-refractivity contribution in [1.82, 2.24) is 0 Å². The Labute approximate surface area is 88.8 Å². The molecule has 1 rings (SSSR count). The van der Waals surface area contributed by atoms with Crippen LogP contribution in [-0.4, -0.2) is 19.1 Å². The van der Waals surface area contributed by atoms with Crippen molar-refractivity contribution < 1.29 is 27.1 Å². The summed E-state index contributed by atoms with van der Waals surface area (Å²) in [7, 11) is 0. The van der Waals surface area contributed by atoms with Crippen molar-refractivity contribution in [2.24, 2.45) is 0 Å². The first kappa shape index (κ1) is 12.5. The average molecular weight is 236 g/mol. The molecule has 0 spiro atoms. The minimum absolute atomic E-state index is 0.0157. The van der Waals surface area contributed by atoms with Gasteiger partial charge in [-0.05, 0) is 12.1 Å². The van der Waals surface area contributed by atoms with Gasteiger partial charge in [-0.3, -0.25) is 4.79 Å². The van der Waals surface area contributed by atoms with Gasteiger partial charge in [0.25, 0.3) is 0 Å². The summed E-state index contributed by atoms with van der Waals surface area (Å²) >= 11 is 0. The number of carbonyl (C=O) groups is 1. The molecule has 2 nitrogen and oxygen atoms in total. The Morgan fingerprint density at radius 2 is 1.94 bits per heavy atom. The normalized spacial score (nSPS) is 11.2. The molecule has 6 heteroatoms. The lowest BCUT2D eigenvalue weighted by Crippen LogP contribution is -2.13. The highest BCUT2D eigenvalue weighted by molar-refractivity contribution is 5.75. The summed E-state index contributed by atoms with van der Waals surface area (Å²) in [5.74, 6) is -0.821. The maximum Gasteiger partial charge on any atom is 0.392 e. The van der Waals surface area contributed by atoms with Crippen LogP contribution < -0.4 is 4.74 Å². The topological polar surface area (TPSA) is 26.3 Å². The first-order valence-corrected chi connectivity index (χ1v) is 4.36. The molecule has 0 fully saturated rings. The number of carbonyl (C=O) groups excluding carboxylic acids is 1. The fourth-order valence-electron chi connectivity index (χ4n) is 1.02. The zero-order valence-corrected chi connectivity index (χ0v) is 8.05. The van der Waals surface area contributed by atoms with E-state index in [1.807, 2.05) is 0 Å². The van der Waals surface area contributed by atoms with Crippen LogP contribution in [0.3, 0.4) is 0 Å². The molecule has 0 bridgehead atoms. The maximum absolute atomic E-state index is 12.8. The molecule has 0 unspecified atom stereocenters. The van der Waals surface area contributed by atoms with Crippen LogP contribution in [0.15, 0.2) is 18.2 Å². The van der Waals surface area contributed by atoms with E-state index in [1.54, 1.807) is 0 Å². The summed E-state index contributed by atoms with van der Waals surface area (Å²) in [4.78, 5) is 10.3. The number of benzene rings is 1. The van der Waals surface area contributed by atoms with E-state index < -0.39 is 25.0 Å². The molecule has 0 amide bonds. The van der Waals surface area contributed by atoms with E-state index in [9.17, 15) is 22.4 Å². The Bertz CT molecular complexity index is 374. The van der Waals surface area contributed by atoms with Gasteiger partial charge in [-0.15, -0.1) is 0 Å². The largest absolute Gasteiger partial charge is 0.493 e. The van der Waals surface area contributed by atoms with Crippen LogP contribution in [0.5, 0.6) is 5.75 Å². The molecule has 0 saturated carbocycles. The minimum Gasteiger partial charge on any atom is -0.493 e. The predicted molar refractivity (Wildman–Crippen MR) is 48.0 cm³/mol. The number of aldehydes is 1. The molecule has 88 valence electrons. The van der Waals surface area contributed by atoms with Crippen LogP contribution in [0.1, 0.15) is 16.8 Å². The van der Waals surface area contributed by atoms with Crippen molar-refractivity contribution in [2.75, 3.05) is 6.61 Å². The van der Waals surface area contributed by atoms with E-state index in [1.165, 1.54) is 6.07 Å². The Kier molecular flexibility index (Phi) is 3.87. The van der Waals surface area contributed by atoms with Crippen molar-refractivity contribution in [3.8, 4) is 5.75 Å². The summed E-state index contributed by atoms with van der Waals surface area (Å²) in [6.45, 7) is -0.606. The summed E-state index contributed by atoms with van der Waals surface area (Å²) in [5, 5.41) is 0. The van der Waals surface area contributed by atoms with Crippen LogP contribution >= 0.6 is 0 Å². The highest BCUT2D eigenvalue weighted by Gasteiger charge is 2.26. The average Bonchev–Trinajstić information content (AvgIpc) is 2.14. The molecule has 0 aliphatic carbocycles. The number of alkyl halides is 3. The molecular formula is C10H8F4O2. The highest BCUT2D eigenvalue weighted by atomic mass is 19.4. The van der Waals surface area contributed by atoms with Gasteiger partial charge in [0.15, 0.2) is 0 Å². The molecule has 0 saturated heterocycles. The lowest BCUT2D eigenvalue weighted by molar-refractivity contribution is -0.139. The van der Waals surface area contributed by atoms with Crippen molar-refractivity contribution in [1.29, 1.82) is 0 Å². The Morgan fingerprint density at radius 3 is 2.50 bits per heavy atom. The van der Waals surface area contributed by atoms with E-state index in [2.05, 4.69) is 4.74 Å². The molecule has 16 heavy (non-hydrogen) atoms. The second-order valence-corrected chi connectivity index (χ2v) is 3.05. The molecular weight excluding hydrogens is 228 g/mol. The van der Waals surface area contributed by atoms with Crippen LogP contribution in [0, 0.1) is 5.82 Å². The van der Waals surface area contributed by atoms with E-state index in [4.69, 9.17) is 0 Å². The summed E-state index contributed by atoms with van der Waals surface area (Å²) in [6, 6.07) is 3.06. The lowest BCUT2D eigenvalue weighted by atomic mass is 10.2. The second-order valence-electron chi connectivity index (χ2n) is 3.05. The number of hydrogen-bond donors (Lipinski definition) is 0. The molecule has 1 aromatic rings. The molecule has 0 aliphatic rings. The Morgan fingerprint density at radius 1 is 1.25 bits per heavy atom. The van der Waals surface area contributed by atoms with Gasteiger partial charge in [-0.25, -0.2) is 4.39 Å². The van der Waals surface area contributed by atoms with Crippen LogP contribution in [0.2, 0.25) is 0 Å². The lowest BCUT2D eigenvalue weighted by Gasteiger charge is -2.08. The molecule has 0 heterocycles. The zero-order valence-electron chi connectivity index (χ0n) is 8.05. The fourth-order valence-corrected chi connectivity index (χ4v) is 1.02. The fraction of sp³-hybridized carbons (Fsp3) is 0.300. The third kappa shape index (κ3) is 4.29. The van der Waals surface area contributed by atoms with Crippen molar-refractivity contribution in [3.05, 3.63) is 29.6 Å². The van der Waals surface area contributed by atoms with Gasteiger partial charge in [0.05, 0.1) is 13.0 Å². The van der Waals surface area contributed by atoms with Gasteiger partial charge < -0.3 is 4.74 Å². The number of halogens is 4. The smallest absolute Gasteiger partial charge is 0.392 e. The first-order valence-electron chi connectivity index (χ1n) is 4.36. The first-order chi connectivity index (χ1) is 7.40. The Hall–Kier alpha value is -1.59. The van der Waals surface area contributed by atoms with Crippen molar-refractivity contribution >= 4 is 6.29 Å². The Balaban J connectivity index is 2.60. The zero-order chi connectivity index (χ0) is 12.2. The van der Waals surface area contributed by atoms with Crippen LogP contribution in [0.25, 0.3) is 0 Å². The van der Waals surface area contributed by atoms with Gasteiger partial charge in [0, 0.05) is 11.6 Å². The molecule has 0 radical (unpaired) electrons. The summed E-state index contributed by atoms with van der Waals surface area (Å²) in [6.07, 6.45) is -5.06. The van der Waals surface area contributed by atoms with E-state index >= 15 is 0 Å². The monoisotopic (exact) mass is 236 g/mol. The van der Waals surface area contributed by atoms with Gasteiger partial charge in [0.2, 0.25) is 0 Å². The van der Waals surface area contributed by atoms with Crippen LogP contribution in [-0.2, 0) is 0 Å². The SMILES string of the molecule is O=Cc1cc(F)cc(OCCC(F)(F)F)c1. The summed E-state index contributed by atoms with van der Waals surface area (Å²) in [5.41, 5.74) is 0.0157. The maximum atomic E-state index is 12.8. The minimum atomic E-state index is -4.32. The number of rotatable bonds is 4. The quantitative estimate of drug-likeness (QED) is 0.593. The van der Waals surface area contributed by atoms with Crippen molar-refractivity contribution in [3.63, 3.8) is 0 Å². The molecule has 0 N–H and O–H groups in total. The van der Waals surface area contributed by atoms with E-state index in [-0.39, 0.29) is 11.3 Å². The third-order valence-electron chi connectivity index (χ3n) is 1.68. The molecule has 0 atom stereocenters. The summed E-state index contributed by atoms with van der Waals surface area (Å²) < 4.78 is 52.8. The molecule has 1 aromatic carbocycles. The number of ether oxygens (including phenoxy) is 1.